The molecule has 1 aliphatic heterocycles. The molecule has 2 rings (SSSR count). The zero-order valence-corrected chi connectivity index (χ0v) is 13.6. The summed E-state index contributed by atoms with van der Waals surface area (Å²) in [7, 11) is 2.18. The van der Waals surface area contributed by atoms with Crippen molar-refractivity contribution in [2.75, 3.05) is 25.0 Å². The first-order chi connectivity index (χ1) is 10.1. The summed E-state index contributed by atoms with van der Waals surface area (Å²) in [6.07, 6.45) is 4.19. The van der Waals surface area contributed by atoms with Gasteiger partial charge in [-0.1, -0.05) is 32.4 Å². The maximum atomic E-state index is 11.7. The van der Waals surface area contributed by atoms with Crippen LogP contribution in [0.3, 0.4) is 0 Å². The molecule has 0 radical (unpaired) electrons. The molecule has 0 spiro atoms. The molecule has 3 nitrogen and oxygen atoms in total. The van der Waals surface area contributed by atoms with E-state index >= 15 is 0 Å². The minimum atomic E-state index is 0. The lowest BCUT2D eigenvalue weighted by molar-refractivity contribution is -0.117. The fraction of sp³-hybridized carbons (Fsp3) is 0.611. The maximum Gasteiger partial charge on any atom is 0.227 e. The van der Waals surface area contributed by atoms with Gasteiger partial charge in [-0.15, -0.1) is 0 Å². The van der Waals surface area contributed by atoms with Crippen molar-refractivity contribution in [3.05, 3.63) is 29.8 Å². The van der Waals surface area contributed by atoms with Crippen LogP contribution in [0.1, 0.15) is 46.5 Å². The third-order valence-corrected chi connectivity index (χ3v) is 4.47. The number of carbonyl (C=O) groups is 1. The van der Waals surface area contributed by atoms with E-state index in [1.807, 2.05) is 4.90 Å². The van der Waals surface area contributed by atoms with Gasteiger partial charge in [0.2, 0.25) is 5.91 Å². The number of nitrogens with zero attached hydrogens (tertiary/aromatic N) is 2. The second-order valence-corrected chi connectivity index (χ2v) is 6.36. The average Bonchev–Trinajstić information content (AvgIpc) is 2.91. The van der Waals surface area contributed by atoms with E-state index in [0.29, 0.717) is 6.42 Å². The van der Waals surface area contributed by atoms with E-state index in [0.717, 1.165) is 37.7 Å². The van der Waals surface area contributed by atoms with Crippen LogP contribution in [0, 0.1) is 5.92 Å². The monoisotopic (exact) mass is 290 g/mol. The van der Waals surface area contributed by atoms with Gasteiger partial charge in [0.15, 0.2) is 0 Å². The van der Waals surface area contributed by atoms with Crippen molar-refractivity contribution in [3.63, 3.8) is 0 Å². The molecule has 1 fully saturated rings. The molecular formula is C18H30N2O. The van der Waals surface area contributed by atoms with Crippen LogP contribution in [0.4, 0.5) is 5.69 Å². The van der Waals surface area contributed by atoms with Crippen LogP contribution in [0.15, 0.2) is 24.3 Å². The average molecular weight is 290 g/mol. The van der Waals surface area contributed by atoms with Crippen LogP contribution in [-0.2, 0) is 11.3 Å². The maximum absolute atomic E-state index is 11.7. The van der Waals surface area contributed by atoms with Crippen molar-refractivity contribution < 1.29 is 6.22 Å². The summed E-state index contributed by atoms with van der Waals surface area (Å²) < 4.78 is 0. The van der Waals surface area contributed by atoms with Crippen molar-refractivity contribution in [1.29, 1.82) is 0 Å². The fourth-order valence-corrected chi connectivity index (χ4v) is 2.74. The zero-order valence-electron chi connectivity index (χ0n) is 13.6. The first-order valence-corrected chi connectivity index (χ1v) is 8.18. The molecule has 0 bridgehead atoms. The molecular weight excluding hydrogens is 260 g/mol. The minimum Gasteiger partial charge on any atom is -0.312 e. The van der Waals surface area contributed by atoms with Gasteiger partial charge in [0.1, 0.15) is 0 Å². The van der Waals surface area contributed by atoms with E-state index in [-0.39, 0.29) is 7.33 Å². The summed E-state index contributed by atoms with van der Waals surface area (Å²) in [4.78, 5) is 16.0. The first kappa shape index (κ1) is 16.0. The molecule has 1 heterocycles. The molecule has 1 unspecified atom stereocenters. The molecule has 0 saturated carbocycles. The van der Waals surface area contributed by atoms with Crippen LogP contribution in [0.25, 0.3) is 0 Å². The number of hydrogen-bond acceptors (Lipinski definition) is 2. The van der Waals surface area contributed by atoms with Crippen LogP contribution in [-0.4, -0.2) is 30.9 Å². The summed E-state index contributed by atoms with van der Waals surface area (Å²) in [6.45, 7) is 7.55. The van der Waals surface area contributed by atoms with Gasteiger partial charge in [-0.25, -0.2) is 0 Å². The summed E-state index contributed by atoms with van der Waals surface area (Å²) in [5, 5.41) is 0. The lowest BCUT2D eigenvalue weighted by Crippen LogP contribution is -2.24. The van der Waals surface area contributed by atoms with Crippen LogP contribution >= 0.6 is 0 Å². The minimum absolute atomic E-state index is 0. The fourth-order valence-electron chi connectivity index (χ4n) is 2.74. The van der Waals surface area contributed by atoms with Gasteiger partial charge >= 0.3 is 0 Å². The van der Waals surface area contributed by atoms with E-state index in [2.05, 4.69) is 50.1 Å². The molecule has 1 aromatic rings. The highest BCUT2D eigenvalue weighted by Gasteiger charge is 2.21. The standard InChI is InChI=1S/C18H28N2O.H2/c1-4-15(2)11-13-19(3)14-16-7-9-17(10-8-16)20-12-5-6-18(20)21;/h7-10,15H,4-6,11-14H2,1-3H3;1H. The number of carbonyl (C=O) groups excluding carboxylic acids is 1. The SMILES string of the molecule is CCC(C)CCN(C)Cc1ccc(N2CCCC2=O)cc1.[HH]. The number of anilines is 1. The number of benzene rings is 1. The molecule has 1 aromatic carbocycles. The smallest absolute Gasteiger partial charge is 0.227 e. The molecule has 1 aliphatic rings. The third-order valence-electron chi connectivity index (χ3n) is 4.47. The van der Waals surface area contributed by atoms with E-state index in [1.165, 1.54) is 18.4 Å². The lowest BCUT2D eigenvalue weighted by atomic mass is 10.1. The van der Waals surface area contributed by atoms with Gasteiger partial charge in [-0.05, 0) is 50.0 Å². The first-order valence-electron chi connectivity index (χ1n) is 8.18. The summed E-state index contributed by atoms with van der Waals surface area (Å²) in [6, 6.07) is 8.48. The number of hydrogen-bond donors (Lipinski definition) is 0. The summed E-state index contributed by atoms with van der Waals surface area (Å²) in [5.74, 6) is 1.06. The van der Waals surface area contributed by atoms with Crippen molar-refractivity contribution in [1.82, 2.24) is 4.90 Å². The van der Waals surface area contributed by atoms with Crippen molar-refractivity contribution >= 4 is 11.6 Å². The van der Waals surface area contributed by atoms with Gasteiger partial charge in [0, 0.05) is 26.6 Å². The van der Waals surface area contributed by atoms with Gasteiger partial charge in [0.25, 0.3) is 0 Å². The van der Waals surface area contributed by atoms with E-state index < -0.39 is 0 Å². The van der Waals surface area contributed by atoms with Crippen molar-refractivity contribution in [2.45, 2.75) is 46.1 Å². The Morgan fingerprint density at radius 1 is 1.33 bits per heavy atom. The highest BCUT2D eigenvalue weighted by Crippen LogP contribution is 2.22. The molecule has 0 N–H and O–H groups in total. The van der Waals surface area contributed by atoms with Crippen molar-refractivity contribution in [2.24, 2.45) is 5.92 Å². The molecule has 1 amide bonds. The lowest BCUT2D eigenvalue weighted by Gasteiger charge is -2.20. The highest BCUT2D eigenvalue weighted by molar-refractivity contribution is 5.95. The van der Waals surface area contributed by atoms with Gasteiger partial charge in [0.05, 0.1) is 0 Å². The quantitative estimate of drug-likeness (QED) is 0.759. The van der Waals surface area contributed by atoms with E-state index in [1.54, 1.807) is 0 Å². The Morgan fingerprint density at radius 3 is 2.62 bits per heavy atom. The Hall–Kier alpha value is -1.35. The second-order valence-electron chi connectivity index (χ2n) is 6.36. The van der Waals surface area contributed by atoms with E-state index in [4.69, 9.17) is 0 Å². The molecule has 118 valence electrons. The normalized spacial score (nSPS) is 16.8. The Balaban J connectivity index is 0.00000242. The van der Waals surface area contributed by atoms with Crippen LogP contribution in [0.5, 0.6) is 0 Å². The molecule has 21 heavy (non-hydrogen) atoms. The highest BCUT2D eigenvalue weighted by atomic mass is 16.2. The Bertz CT molecular complexity index is 461. The van der Waals surface area contributed by atoms with Gasteiger partial charge in [-0.2, -0.15) is 0 Å². The molecule has 1 atom stereocenters. The predicted octanol–water partition coefficient (Wildman–Crippen LogP) is 3.93. The predicted molar refractivity (Wildman–Crippen MR) is 90.5 cm³/mol. The Morgan fingerprint density at radius 2 is 2.05 bits per heavy atom. The largest absolute Gasteiger partial charge is 0.312 e. The molecule has 0 aromatic heterocycles. The molecule has 1 saturated heterocycles. The topological polar surface area (TPSA) is 23.6 Å². The summed E-state index contributed by atoms with van der Waals surface area (Å²) in [5.41, 5.74) is 2.36. The summed E-state index contributed by atoms with van der Waals surface area (Å²) >= 11 is 0. The molecule has 0 aliphatic carbocycles. The third kappa shape index (κ3) is 4.57. The van der Waals surface area contributed by atoms with Crippen molar-refractivity contribution in [3.8, 4) is 0 Å². The Labute approximate surface area is 130 Å². The molecule has 3 heteroatoms. The van der Waals surface area contributed by atoms with Crippen LogP contribution in [0.2, 0.25) is 0 Å². The Kier molecular flexibility index (Phi) is 5.80. The number of amides is 1. The number of rotatable bonds is 7. The van der Waals surface area contributed by atoms with Gasteiger partial charge in [-0.3, -0.25) is 4.79 Å². The second kappa shape index (κ2) is 7.60. The van der Waals surface area contributed by atoms with E-state index in [9.17, 15) is 4.79 Å². The zero-order chi connectivity index (χ0) is 15.2. The van der Waals surface area contributed by atoms with Crippen LogP contribution < -0.4 is 4.90 Å². The van der Waals surface area contributed by atoms with Gasteiger partial charge < -0.3 is 9.80 Å².